The largest absolute Gasteiger partial charge is 0.366 e. The van der Waals surface area contributed by atoms with E-state index in [4.69, 9.17) is 23.2 Å². The van der Waals surface area contributed by atoms with Gasteiger partial charge in [0.15, 0.2) is 0 Å². The molecule has 0 saturated carbocycles. The minimum atomic E-state index is -0.264. The molecule has 1 saturated heterocycles. The van der Waals surface area contributed by atoms with Crippen molar-refractivity contribution in [2.75, 3.05) is 19.6 Å². The molecule has 1 fully saturated rings. The van der Waals surface area contributed by atoms with Crippen LogP contribution in [0.15, 0.2) is 23.9 Å². The van der Waals surface area contributed by atoms with Crippen molar-refractivity contribution >= 4 is 40.6 Å². The third-order valence-corrected chi connectivity index (χ3v) is 4.86. The van der Waals surface area contributed by atoms with Gasteiger partial charge in [0.2, 0.25) is 0 Å². The van der Waals surface area contributed by atoms with Gasteiger partial charge in [0.05, 0.1) is 10.6 Å². The van der Waals surface area contributed by atoms with Gasteiger partial charge in [-0.15, -0.1) is 0 Å². The zero-order valence-electron chi connectivity index (χ0n) is 13.8. The lowest BCUT2D eigenvalue weighted by Gasteiger charge is -2.21. The third-order valence-electron chi connectivity index (χ3n) is 4.31. The number of rotatable bonds is 4. The van der Waals surface area contributed by atoms with Crippen LogP contribution in [-0.4, -0.2) is 41.2 Å². The number of carbonyl (C=O) groups excluding carboxylic acids is 2. The molecule has 4 nitrogen and oxygen atoms in total. The first-order valence-corrected chi connectivity index (χ1v) is 8.96. The number of halogens is 2. The number of amides is 2. The molecule has 0 unspecified atom stereocenters. The molecular formula is C18H20Cl2N2O2. The Kier molecular flexibility index (Phi) is 4.88. The molecule has 2 aliphatic rings. The summed E-state index contributed by atoms with van der Waals surface area (Å²) in [5.41, 5.74) is 1.47. The highest BCUT2D eigenvalue weighted by atomic mass is 35.5. The second-order valence-corrected chi connectivity index (χ2v) is 7.50. The molecule has 1 aromatic rings. The van der Waals surface area contributed by atoms with Crippen molar-refractivity contribution in [3.63, 3.8) is 0 Å². The van der Waals surface area contributed by atoms with Gasteiger partial charge in [0.1, 0.15) is 5.70 Å². The fraction of sp³-hybridized carbons (Fsp3) is 0.444. The minimum Gasteiger partial charge on any atom is -0.366 e. The van der Waals surface area contributed by atoms with Crippen molar-refractivity contribution < 1.29 is 9.59 Å². The van der Waals surface area contributed by atoms with E-state index in [2.05, 4.69) is 0 Å². The lowest BCUT2D eigenvalue weighted by Crippen LogP contribution is -2.37. The number of likely N-dealkylation sites (tertiary alicyclic amines) is 1. The summed E-state index contributed by atoms with van der Waals surface area (Å²) < 4.78 is 0. The number of hydrogen-bond donors (Lipinski definition) is 0. The average Bonchev–Trinajstić information content (AvgIpc) is 3.10. The Bertz CT molecular complexity index is 722. The highest BCUT2D eigenvalue weighted by molar-refractivity contribution is 6.41. The third kappa shape index (κ3) is 3.05. The van der Waals surface area contributed by atoms with Gasteiger partial charge in [-0.2, -0.15) is 0 Å². The van der Waals surface area contributed by atoms with Crippen LogP contribution in [0.4, 0.5) is 0 Å². The molecule has 24 heavy (non-hydrogen) atoms. The molecule has 0 atom stereocenters. The Hall–Kier alpha value is -1.52. The molecule has 0 aliphatic carbocycles. The predicted molar refractivity (Wildman–Crippen MR) is 95.7 cm³/mol. The van der Waals surface area contributed by atoms with Crippen LogP contribution in [0.3, 0.4) is 0 Å². The number of nitrogens with zero attached hydrogens (tertiary/aromatic N) is 2. The Labute approximate surface area is 152 Å². The van der Waals surface area contributed by atoms with Gasteiger partial charge in [-0.05, 0) is 30.9 Å². The summed E-state index contributed by atoms with van der Waals surface area (Å²) in [7, 11) is 0. The summed E-state index contributed by atoms with van der Waals surface area (Å²) in [5, 5.41) is 0.893. The van der Waals surface area contributed by atoms with Crippen LogP contribution in [0, 0.1) is 5.92 Å². The van der Waals surface area contributed by atoms with Gasteiger partial charge < -0.3 is 4.90 Å². The first-order valence-electron chi connectivity index (χ1n) is 8.21. The number of carbonyl (C=O) groups is 2. The van der Waals surface area contributed by atoms with E-state index in [1.165, 1.54) is 4.90 Å². The van der Waals surface area contributed by atoms with Crippen LogP contribution < -0.4 is 0 Å². The van der Waals surface area contributed by atoms with Crippen molar-refractivity contribution in [3.05, 3.63) is 39.5 Å². The van der Waals surface area contributed by atoms with E-state index in [9.17, 15) is 9.59 Å². The summed E-state index contributed by atoms with van der Waals surface area (Å²) in [6.45, 7) is 5.97. The molecular weight excluding hydrogens is 347 g/mol. The van der Waals surface area contributed by atoms with Crippen LogP contribution in [0.1, 0.15) is 32.3 Å². The molecule has 2 aliphatic heterocycles. The van der Waals surface area contributed by atoms with E-state index < -0.39 is 0 Å². The average molecular weight is 367 g/mol. The quantitative estimate of drug-likeness (QED) is 0.760. The Morgan fingerprint density at radius 3 is 2.33 bits per heavy atom. The highest BCUT2D eigenvalue weighted by Crippen LogP contribution is 2.37. The zero-order valence-corrected chi connectivity index (χ0v) is 15.3. The highest BCUT2D eigenvalue weighted by Gasteiger charge is 2.42. The Morgan fingerprint density at radius 2 is 1.75 bits per heavy atom. The van der Waals surface area contributed by atoms with Crippen molar-refractivity contribution in [3.8, 4) is 0 Å². The SMILES string of the molecule is CC(C)CN1C(=O)C(c2ccc(Cl)cc2Cl)=C(N2CCCC2)C1=O. The molecule has 128 valence electrons. The summed E-state index contributed by atoms with van der Waals surface area (Å²) >= 11 is 12.3. The fourth-order valence-electron chi connectivity index (χ4n) is 3.26. The fourth-order valence-corrected chi connectivity index (χ4v) is 3.77. The second kappa shape index (κ2) is 6.77. The van der Waals surface area contributed by atoms with Crippen LogP contribution in [0.2, 0.25) is 10.0 Å². The first kappa shape index (κ1) is 17.3. The minimum absolute atomic E-state index is 0.206. The van der Waals surface area contributed by atoms with E-state index in [0.717, 1.165) is 25.9 Å². The molecule has 0 spiro atoms. The molecule has 1 aromatic carbocycles. The van der Waals surface area contributed by atoms with E-state index in [1.807, 2.05) is 18.7 Å². The van der Waals surface area contributed by atoms with Crippen LogP contribution in [0.5, 0.6) is 0 Å². The molecule has 0 aromatic heterocycles. The summed E-state index contributed by atoms with van der Waals surface area (Å²) in [6, 6.07) is 5.02. The number of imide groups is 1. The summed E-state index contributed by atoms with van der Waals surface area (Å²) in [5.74, 6) is -0.269. The smallest absolute Gasteiger partial charge is 0.277 e. The number of benzene rings is 1. The van der Waals surface area contributed by atoms with E-state index in [0.29, 0.717) is 33.4 Å². The molecule has 0 N–H and O–H groups in total. The van der Waals surface area contributed by atoms with Gasteiger partial charge in [0, 0.05) is 30.2 Å². The van der Waals surface area contributed by atoms with Gasteiger partial charge >= 0.3 is 0 Å². The first-order chi connectivity index (χ1) is 11.4. The van der Waals surface area contributed by atoms with Crippen LogP contribution >= 0.6 is 23.2 Å². The molecule has 2 amide bonds. The standard InChI is InChI=1S/C18H20Cl2N2O2/c1-11(2)10-22-17(23)15(13-6-5-12(19)9-14(13)20)16(18(22)24)21-7-3-4-8-21/h5-6,9,11H,3-4,7-8,10H2,1-2H3. The molecule has 3 rings (SSSR count). The Balaban J connectivity index is 2.11. The molecule has 2 heterocycles. The van der Waals surface area contributed by atoms with Crippen molar-refractivity contribution in [2.45, 2.75) is 26.7 Å². The van der Waals surface area contributed by atoms with Crippen molar-refractivity contribution in [1.82, 2.24) is 9.80 Å². The van der Waals surface area contributed by atoms with Gasteiger partial charge in [-0.25, -0.2) is 0 Å². The van der Waals surface area contributed by atoms with Crippen molar-refractivity contribution in [2.24, 2.45) is 5.92 Å². The normalized spacial score (nSPS) is 18.5. The van der Waals surface area contributed by atoms with E-state index >= 15 is 0 Å². The lowest BCUT2D eigenvalue weighted by molar-refractivity contribution is -0.138. The summed E-state index contributed by atoms with van der Waals surface area (Å²) in [6.07, 6.45) is 2.05. The topological polar surface area (TPSA) is 40.6 Å². The van der Waals surface area contributed by atoms with Gasteiger partial charge in [-0.1, -0.05) is 43.1 Å². The maximum Gasteiger partial charge on any atom is 0.277 e. The van der Waals surface area contributed by atoms with Gasteiger partial charge in [-0.3, -0.25) is 14.5 Å². The molecule has 6 heteroatoms. The van der Waals surface area contributed by atoms with Gasteiger partial charge in [0.25, 0.3) is 11.8 Å². The predicted octanol–water partition coefficient (Wildman–Crippen LogP) is 3.83. The van der Waals surface area contributed by atoms with Crippen LogP contribution in [0.25, 0.3) is 5.57 Å². The summed E-state index contributed by atoms with van der Waals surface area (Å²) in [4.78, 5) is 29.3. The maximum atomic E-state index is 13.0. The number of hydrogen-bond acceptors (Lipinski definition) is 3. The van der Waals surface area contributed by atoms with E-state index in [1.54, 1.807) is 18.2 Å². The molecule has 0 bridgehead atoms. The van der Waals surface area contributed by atoms with Crippen LogP contribution in [-0.2, 0) is 9.59 Å². The lowest BCUT2D eigenvalue weighted by atomic mass is 10.0. The maximum absolute atomic E-state index is 13.0. The Morgan fingerprint density at radius 1 is 1.08 bits per heavy atom. The van der Waals surface area contributed by atoms with Crippen molar-refractivity contribution in [1.29, 1.82) is 0 Å². The van der Waals surface area contributed by atoms with E-state index in [-0.39, 0.29) is 17.7 Å². The monoisotopic (exact) mass is 366 g/mol. The molecule has 0 radical (unpaired) electrons. The zero-order chi connectivity index (χ0) is 17.4. The second-order valence-electron chi connectivity index (χ2n) is 6.66.